The molecule has 0 aromatic carbocycles. The van der Waals surface area contributed by atoms with Crippen molar-refractivity contribution in [1.82, 2.24) is 9.97 Å². The highest BCUT2D eigenvalue weighted by atomic mass is 16.5. The fourth-order valence-electron chi connectivity index (χ4n) is 1.79. The standard InChI is InChI=1S/C15H24N2O3/c1-4-6-7-8-9-10-20-15-16-11-13(12(3)17-15)14(18)19-5-2/h11H,4-10H2,1-3H3. The molecule has 1 aromatic heterocycles. The molecule has 1 rings (SSSR count). The van der Waals surface area contributed by atoms with Gasteiger partial charge in [-0.25, -0.2) is 9.78 Å². The third-order valence-corrected chi connectivity index (χ3v) is 2.93. The summed E-state index contributed by atoms with van der Waals surface area (Å²) in [5.41, 5.74) is 0.974. The minimum Gasteiger partial charge on any atom is -0.463 e. The molecule has 0 aliphatic rings. The molecule has 112 valence electrons. The molecule has 0 aliphatic heterocycles. The summed E-state index contributed by atoms with van der Waals surface area (Å²) in [5.74, 6) is -0.392. The molecule has 0 N–H and O–H groups in total. The first-order valence-electron chi connectivity index (χ1n) is 7.32. The molecular formula is C15H24N2O3. The van der Waals surface area contributed by atoms with Crippen molar-refractivity contribution in [3.05, 3.63) is 17.5 Å². The lowest BCUT2D eigenvalue weighted by molar-refractivity contribution is 0.0524. The number of aryl methyl sites for hydroxylation is 1. The van der Waals surface area contributed by atoms with Crippen LogP contribution < -0.4 is 4.74 Å². The number of carbonyl (C=O) groups is 1. The molecule has 1 aromatic rings. The number of hydrogen-bond donors (Lipinski definition) is 0. The van der Waals surface area contributed by atoms with Crippen molar-refractivity contribution < 1.29 is 14.3 Å². The fourth-order valence-corrected chi connectivity index (χ4v) is 1.79. The van der Waals surface area contributed by atoms with Gasteiger partial charge in [-0.2, -0.15) is 4.98 Å². The maximum Gasteiger partial charge on any atom is 0.341 e. The van der Waals surface area contributed by atoms with E-state index in [-0.39, 0.29) is 0 Å². The summed E-state index contributed by atoms with van der Waals surface area (Å²) in [6.45, 7) is 6.67. The fraction of sp³-hybridized carbons (Fsp3) is 0.667. The van der Waals surface area contributed by atoms with Gasteiger partial charge in [-0.15, -0.1) is 0 Å². The van der Waals surface area contributed by atoms with Crippen molar-refractivity contribution >= 4 is 5.97 Å². The first kappa shape index (κ1) is 16.4. The van der Waals surface area contributed by atoms with Crippen LogP contribution in [0.2, 0.25) is 0 Å². The molecule has 0 spiro atoms. The quantitative estimate of drug-likeness (QED) is 0.513. The number of carbonyl (C=O) groups excluding carboxylic acids is 1. The Morgan fingerprint density at radius 3 is 2.60 bits per heavy atom. The highest BCUT2D eigenvalue weighted by Gasteiger charge is 2.12. The average Bonchev–Trinajstić information content (AvgIpc) is 2.43. The lowest BCUT2D eigenvalue weighted by Gasteiger charge is -2.07. The summed E-state index contributed by atoms with van der Waals surface area (Å²) in [6, 6.07) is 0.325. The predicted molar refractivity (Wildman–Crippen MR) is 77.0 cm³/mol. The summed E-state index contributed by atoms with van der Waals surface area (Å²) in [6.07, 6.45) is 7.37. The van der Waals surface area contributed by atoms with Gasteiger partial charge in [-0.3, -0.25) is 0 Å². The third kappa shape index (κ3) is 5.55. The van der Waals surface area contributed by atoms with E-state index in [2.05, 4.69) is 16.9 Å². The smallest absolute Gasteiger partial charge is 0.341 e. The zero-order valence-electron chi connectivity index (χ0n) is 12.6. The number of hydrogen-bond acceptors (Lipinski definition) is 5. The van der Waals surface area contributed by atoms with Gasteiger partial charge in [-0.05, 0) is 20.3 Å². The summed E-state index contributed by atoms with van der Waals surface area (Å²) >= 11 is 0. The molecule has 5 heteroatoms. The Morgan fingerprint density at radius 2 is 1.95 bits per heavy atom. The van der Waals surface area contributed by atoms with Crippen LogP contribution in [0.5, 0.6) is 6.01 Å². The predicted octanol–water partition coefficient (Wildman–Crippen LogP) is 3.31. The summed E-state index contributed by atoms with van der Waals surface area (Å²) in [4.78, 5) is 19.8. The molecule has 0 amide bonds. The van der Waals surface area contributed by atoms with Gasteiger partial charge in [0.2, 0.25) is 0 Å². The van der Waals surface area contributed by atoms with E-state index in [0.29, 0.717) is 30.5 Å². The minimum absolute atomic E-state index is 0.325. The average molecular weight is 280 g/mol. The number of esters is 1. The van der Waals surface area contributed by atoms with E-state index in [1.807, 2.05) is 0 Å². The minimum atomic E-state index is -0.392. The summed E-state index contributed by atoms with van der Waals surface area (Å²) in [5, 5.41) is 0. The van der Waals surface area contributed by atoms with Crippen LogP contribution in [0.15, 0.2) is 6.20 Å². The number of ether oxygens (including phenoxy) is 2. The van der Waals surface area contributed by atoms with Crippen LogP contribution >= 0.6 is 0 Å². The zero-order chi connectivity index (χ0) is 14.8. The van der Waals surface area contributed by atoms with Gasteiger partial charge < -0.3 is 9.47 Å². The van der Waals surface area contributed by atoms with E-state index < -0.39 is 5.97 Å². The van der Waals surface area contributed by atoms with Gasteiger partial charge >= 0.3 is 12.0 Å². The lowest BCUT2D eigenvalue weighted by atomic mass is 10.2. The highest BCUT2D eigenvalue weighted by Crippen LogP contribution is 2.11. The number of aromatic nitrogens is 2. The van der Waals surface area contributed by atoms with Crippen LogP contribution in [0.4, 0.5) is 0 Å². The summed E-state index contributed by atoms with van der Waals surface area (Å²) in [7, 11) is 0. The molecule has 0 unspecified atom stereocenters. The Balaban J connectivity index is 2.41. The molecule has 1 heterocycles. The Labute approximate surface area is 120 Å². The molecule has 0 fully saturated rings. The second kappa shape index (κ2) is 9.28. The Kier molecular flexibility index (Phi) is 7.62. The van der Waals surface area contributed by atoms with Crippen LogP contribution in [0.3, 0.4) is 0 Å². The molecule has 0 bridgehead atoms. The van der Waals surface area contributed by atoms with Crippen molar-refractivity contribution in [3.63, 3.8) is 0 Å². The molecule has 0 aliphatic carbocycles. The molecule has 0 atom stereocenters. The van der Waals surface area contributed by atoms with E-state index in [9.17, 15) is 4.79 Å². The third-order valence-electron chi connectivity index (χ3n) is 2.93. The van der Waals surface area contributed by atoms with Gasteiger partial charge in [-0.1, -0.05) is 32.6 Å². The van der Waals surface area contributed by atoms with E-state index in [4.69, 9.17) is 9.47 Å². The SMILES string of the molecule is CCCCCCCOc1ncc(C(=O)OCC)c(C)n1. The molecule has 0 saturated carbocycles. The van der Waals surface area contributed by atoms with Crippen LogP contribution in [0.25, 0.3) is 0 Å². The molecular weight excluding hydrogens is 256 g/mol. The second-order valence-corrected chi connectivity index (χ2v) is 4.63. The monoisotopic (exact) mass is 280 g/mol. The summed E-state index contributed by atoms with van der Waals surface area (Å²) < 4.78 is 10.4. The van der Waals surface area contributed by atoms with E-state index >= 15 is 0 Å². The largest absolute Gasteiger partial charge is 0.463 e. The Hall–Kier alpha value is -1.65. The van der Waals surface area contributed by atoms with Gasteiger partial charge in [0.25, 0.3) is 0 Å². The van der Waals surface area contributed by atoms with Crippen LogP contribution in [0.1, 0.15) is 62.0 Å². The van der Waals surface area contributed by atoms with Crippen molar-refractivity contribution in [1.29, 1.82) is 0 Å². The van der Waals surface area contributed by atoms with Crippen LogP contribution in [-0.2, 0) is 4.74 Å². The zero-order valence-corrected chi connectivity index (χ0v) is 12.6. The Bertz CT molecular complexity index is 422. The van der Waals surface area contributed by atoms with Gasteiger partial charge in [0, 0.05) is 6.20 Å². The van der Waals surface area contributed by atoms with Gasteiger partial charge in [0.05, 0.1) is 24.5 Å². The van der Waals surface area contributed by atoms with Crippen LogP contribution in [0, 0.1) is 6.92 Å². The number of unbranched alkanes of at least 4 members (excludes halogenated alkanes) is 4. The first-order valence-corrected chi connectivity index (χ1v) is 7.32. The molecule has 5 nitrogen and oxygen atoms in total. The first-order chi connectivity index (χ1) is 9.69. The molecule has 0 saturated heterocycles. The highest BCUT2D eigenvalue weighted by molar-refractivity contribution is 5.90. The van der Waals surface area contributed by atoms with E-state index in [1.54, 1.807) is 13.8 Å². The number of nitrogens with zero attached hydrogens (tertiary/aromatic N) is 2. The van der Waals surface area contributed by atoms with Crippen molar-refractivity contribution in [2.75, 3.05) is 13.2 Å². The maximum atomic E-state index is 11.6. The van der Waals surface area contributed by atoms with E-state index in [0.717, 1.165) is 12.8 Å². The lowest BCUT2D eigenvalue weighted by Crippen LogP contribution is -2.10. The van der Waals surface area contributed by atoms with E-state index in [1.165, 1.54) is 25.5 Å². The van der Waals surface area contributed by atoms with Gasteiger partial charge in [0.1, 0.15) is 0 Å². The van der Waals surface area contributed by atoms with Gasteiger partial charge in [0.15, 0.2) is 0 Å². The Morgan fingerprint density at radius 1 is 1.20 bits per heavy atom. The normalized spacial score (nSPS) is 10.3. The molecule has 20 heavy (non-hydrogen) atoms. The van der Waals surface area contributed by atoms with Crippen LogP contribution in [-0.4, -0.2) is 29.2 Å². The van der Waals surface area contributed by atoms with Crippen molar-refractivity contribution in [3.8, 4) is 6.01 Å². The maximum absolute atomic E-state index is 11.6. The van der Waals surface area contributed by atoms with Crippen molar-refractivity contribution in [2.24, 2.45) is 0 Å². The molecule has 0 radical (unpaired) electrons. The second-order valence-electron chi connectivity index (χ2n) is 4.63. The van der Waals surface area contributed by atoms with Crippen molar-refractivity contribution in [2.45, 2.75) is 52.9 Å². The number of rotatable bonds is 9. The topological polar surface area (TPSA) is 61.3 Å².